The molecule has 88 valence electrons. The lowest BCUT2D eigenvalue weighted by molar-refractivity contribution is -0.134. The van der Waals surface area contributed by atoms with Gasteiger partial charge in [0.15, 0.2) is 0 Å². The molecule has 1 saturated carbocycles. The maximum Gasteiger partial charge on any atom is 0.239 e. The third-order valence-electron chi connectivity index (χ3n) is 3.37. The van der Waals surface area contributed by atoms with E-state index in [1.54, 1.807) is 0 Å². The highest BCUT2D eigenvalue weighted by atomic mass is 16.2. The molecule has 2 N–H and O–H groups in total. The first-order valence-corrected chi connectivity index (χ1v) is 6.03. The molecule has 1 fully saturated rings. The average Bonchev–Trinajstić information content (AvgIpc) is 2.88. The molecule has 0 aromatic heterocycles. The number of amides is 1. The van der Waals surface area contributed by atoms with Gasteiger partial charge >= 0.3 is 0 Å². The molecule has 0 aliphatic heterocycles. The molecule has 1 aliphatic carbocycles. The fourth-order valence-electron chi connectivity index (χ4n) is 1.85. The predicted octanol–water partition coefficient (Wildman–Crippen LogP) is 1.62. The fraction of sp³-hybridized carbons (Fsp3) is 0.917. The van der Waals surface area contributed by atoms with Crippen molar-refractivity contribution in [2.75, 3.05) is 6.54 Å². The summed E-state index contributed by atoms with van der Waals surface area (Å²) in [6, 6.07) is -0.0515. The molecule has 0 aromatic rings. The zero-order valence-corrected chi connectivity index (χ0v) is 10.4. The second-order valence-corrected chi connectivity index (χ2v) is 5.07. The van der Waals surface area contributed by atoms with Crippen molar-refractivity contribution in [2.24, 2.45) is 17.6 Å². The highest BCUT2D eigenvalue weighted by Crippen LogP contribution is 2.38. The summed E-state index contributed by atoms with van der Waals surface area (Å²) in [5, 5.41) is 0. The molecule has 0 unspecified atom stereocenters. The van der Waals surface area contributed by atoms with E-state index in [4.69, 9.17) is 5.73 Å². The summed E-state index contributed by atoms with van der Waals surface area (Å²) in [7, 11) is 0. The van der Waals surface area contributed by atoms with E-state index in [1.165, 1.54) is 6.42 Å². The van der Waals surface area contributed by atoms with Crippen LogP contribution in [0.1, 0.15) is 40.5 Å². The van der Waals surface area contributed by atoms with Crippen LogP contribution in [0.2, 0.25) is 0 Å². The Bertz CT molecular complexity index is 228. The Morgan fingerprint density at radius 2 is 2.07 bits per heavy atom. The maximum atomic E-state index is 12.0. The first-order valence-electron chi connectivity index (χ1n) is 6.03. The van der Waals surface area contributed by atoms with E-state index < -0.39 is 0 Å². The zero-order valence-electron chi connectivity index (χ0n) is 10.4. The van der Waals surface area contributed by atoms with Gasteiger partial charge in [-0.2, -0.15) is 0 Å². The molecule has 3 nitrogen and oxygen atoms in total. The molecule has 0 aromatic carbocycles. The molecule has 0 spiro atoms. The quantitative estimate of drug-likeness (QED) is 0.752. The minimum Gasteiger partial charge on any atom is -0.339 e. The van der Waals surface area contributed by atoms with Gasteiger partial charge in [0.25, 0.3) is 0 Å². The van der Waals surface area contributed by atoms with Gasteiger partial charge in [-0.3, -0.25) is 4.79 Å². The highest BCUT2D eigenvalue weighted by Gasteiger charge is 2.36. The predicted molar refractivity (Wildman–Crippen MR) is 62.4 cm³/mol. The number of carbonyl (C=O) groups is 1. The summed E-state index contributed by atoms with van der Waals surface area (Å²) in [5.41, 5.74) is 5.79. The van der Waals surface area contributed by atoms with Crippen LogP contribution >= 0.6 is 0 Å². The standard InChI is InChI=1S/C12H24N2O/c1-5-11(13)12(15)14(8(2)3)7-10-6-9(10)4/h8-11H,5-7,13H2,1-4H3/t9-,10-,11-/m0/s1. The van der Waals surface area contributed by atoms with Gasteiger partial charge in [0.2, 0.25) is 5.91 Å². The molecule has 1 amide bonds. The molecule has 0 heterocycles. The lowest BCUT2D eigenvalue weighted by atomic mass is 10.1. The van der Waals surface area contributed by atoms with Gasteiger partial charge in [0.1, 0.15) is 0 Å². The lowest BCUT2D eigenvalue weighted by Gasteiger charge is -2.29. The summed E-state index contributed by atoms with van der Waals surface area (Å²) >= 11 is 0. The van der Waals surface area contributed by atoms with Gasteiger partial charge in [-0.05, 0) is 38.5 Å². The van der Waals surface area contributed by atoms with E-state index in [1.807, 2.05) is 11.8 Å². The van der Waals surface area contributed by atoms with Crippen LogP contribution in [0.15, 0.2) is 0 Å². The van der Waals surface area contributed by atoms with Crippen molar-refractivity contribution in [1.29, 1.82) is 0 Å². The summed E-state index contributed by atoms with van der Waals surface area (Å²) in [5.74, 6) is 1.61. The fourth-order valence-corrected chi connectivity index (χ4v) is 1.85. The summed E-state index contributed by atoms with van der Waals surface area (Å²) in [4.78, 5) is 13.9. The first kappa shape index (κ1) is 12.5. The van der Waals surface area contributed by atoms with Gasteiger partial charge in [-0.25, -0.2) is 0 Å². The van der Waals surface area contributed by atoms with Crippen LogP contribution in [0.25, 0.3) is 0 Å². The molecule has 3 atom stereocenters. The Kier molecular flexibility index (Phi) is 4.14. The molecular weight excluding hydrogens is 188 g/mol. The number of hydrogen-bond acceptors (Lipinski definition) is 2. The van der Waals surface area contributed by atoms with Crippen LogP contribution in [-0.4, -0.2) is 29.4 Å². The van der Waals surface area contributed by atoms with Crippen LogP contribution < -0.4 is 5.73 Å². The molecular formula is C12H24N2O. The van der Waals surface area contributed by atoms with Crippen LogP contribution in [0, 0.1) is 11.8 Å². The maximum absolute atomic E-state index is 12.0. The van der Waals surface area contributed by atoms with Crippen molar-refractivity contribution in [1.82, 2.24) is 4.90 Å². The Labute approximate surface area is 93.0 Å². The van der Waals surface area contributed by atoms with Crippen LogP contribution in [-0.2, 0) is 4.79 Å². The van der Waals surface area contributed by atoms with Crippen molar-refractivity contribution in [3.05, 3.63) is 0 Å². The average molecular weight is 212 g/mol. The van der Waals surface area contributed by atoms with Crippen LogP contribution in [0.4, 0.5) is 0 Å². The zero-order chi connectivity index (χ0) is 11.6. The van der Waals surface area contributed by atoms with Crippen molar-refractivity contribution in [3.63, 3.8) is 0 Å². The third kappa shape index (κ3) is 3.20. The minimum atomic E-state index is -0.318. The smallest absolute Gasteiger partial charge is 0.239 e. The minimum absolute atomic E-state index is 0.117. The monoisotopic (exact) mass is 212 g/mol. The van der Waals surface area contributed by atoms with Crippen molar-refractivity contribution < 1.29 is 4.79 Å². The van der Waals surface area contributed by atoms with E-state index >= 15 is 0 Å². The Balaban J connectivity index is 2.53. The lowest BCUT2D eigenvalue weighted by Crippen LogP contribution is -2.47. The third-order valence-corrected chi connectivity index (χ3v) is 3.37. The normalized spacial score (nSPS) is 26.5. The van der Waals surface area contributed by atoms with Crippen molar-refractivity contribution in [3.8, 4) is 0 Å². The van der Waals surface area contributed by atoms with Crippen LogP contribution in [0.5, 0.6) is 0 Å². The van der Waals surface area contributed by atoms with E-state index in [2.05, 4.69) is 20.8 Å². The second-order valence-electron chi connectivity index (χ2n) is 5.07. The highest BCUT2D eigenvalue weighted by molar-refractivity contribution is 5.81. The number of nitrogens with zero attached hydrogens (tertiary/aromatic N) is 1. The second kappa shape index (κ2) is 4.97. The first-order chi connectivity index (χ1) is 6.97. The number of nitrogens with two attached hydrogens (primary N) is 1. The number of rotatable bonds is 5. The van der Waals surface area contributed by atoms with Gasteiger partial charge in [0.05, 0.1) is 6.04 Å². The van der Waals surface area contributed by atoms with Crippen molar-refractivity contribution >= 4 is 5.91 Å². The van der Waals surface area contributed by atoms with Gasteiger partial charge in [0, 0.05) is 12.6 Å². The van der Waals surface area contributed by atoms with E-state index in [0.717, 1.165) is 18.9 Å². The number of hydrogen-bond donors (Lipinski definition) is 1. The molecule has 15 heavy (non-hydrogen) atoms. The van der Waals surface area contributed by atoms with Gasteiger partial charge in [-0.1, -0.05) is 13.8 Å². The van der Waals surface area contributed by atoms with Gasteiger partial charge in [-0.15, -0.1) is 0 Å². The molecule has 1 rings (SSSR count). The van der Waals surface area contributed by atoms with Crippen molar-refractivity contribution in [2.45, 2.75) is 52.6 Å². The van der Waals surface area contributed by atoms with E-state index in [-0.39, 0.29) is 18.0 Å². The summed E-state index contributed by atoms with van der Waals surface area (Å²) in [6.07, 6.45) is 1.99. The Hall–Kier alpha value is -0.570. The molecule has 0 radical (unpaired) electrons. The topological polar surface area (TPSA) is 46.3 Å². The SMILES string of the molecule is CC[C@H](N)C(=O)N(C[C@@H]1C[C@@H]1C)C(C)C. The Morgan fingerprint density at radius 3 is 2.40 bits per heavy atom. The number of carbonyl (C=O) groups excluding carboxylic acids is 1. The van der Waals surface area contributed by atoms with Crippen LogP contribution in [0.3, 0.4) is 0 Å². The molecule has 0 bridgehead atoms. The van der Waals surface area contributed by atoms with E-state index in [0.29, 0.717) is 5.92 Å². The summed E-state index contributed by atoms with van der Waals surface area (Å²) in [6.45, 7) is 9.22. The largest absolute Gasteiger partial charge is 0.339 e. The van der Waals surface area contributed by atoms with E-state index in [9.17, 15) is 4.79 Å². The molecule has 3 heteroatoms. The molecule has 1 aliphatic rings. The summed E-state index contributed by atoms with van der Waals surface area (Å²) < 4.78 is 0. The van der Waals surface area contributed by atoms with Gasteiger partial charge < -0.3 is 10.6 Å². The molecule has 0 saturated heterocycles. The Morgan fingerprint density at radius 1 is 1.53 bits per heavy atom.